The SMILES string of the molecule is COc1cc(N2C[C@H]3CC[C@@H](C2)[C@H]3N2CCN(C)CC2)c(C)cc1Nc1ncc(Br)c(Nc2ccc3nccnc3c2NS(C)(=O)=O)n1. The smallest absolute Gasteiger partial charge is 0.229 e. The summed E-state index contributed by atoms with van der Waals surface area (Å²) >= 11 is 3.53. The number of likely N-dealkylation sites (N-methyl/N-ethyl adjacent to an activating group) is 1. The number of aryl methyl sites for hydroxylation is 1. The van der Waals surface area contributed by atoms with Gasteiger partial charge in [0.1, 0.15) is 17.1 Å². The molecular weight excluding hydrogens is 696 g/mol. The first kappa shape index (κ1) is 32.7. The molecule has 7 rings (SSSR count). The van der Waals surface area contributed by atoms with Gasteiger partial charge >= 0.3 is 0 Å². The summed E-state index contributed by atoms with van der Waals surface area (Å²) in [5.41, 5.74) is 4.81. The van der Waals surface area contributed by atoms with Crippen LogP contribution >= 0.6 is 15.9 Å². The topological polar surface area (TPSA) is 141 Å². The highest BCUT2D eigenvalue weighted by molar-refractivity contribution is 9.10. The number of sulfonamides is 1. The van der Waals surface area contributed by atoms with Crippen LogP contribution in [0.4, 0.5) is 34.5 Å². The summed E-state index contributed by atoms with van der Waals surface area (Å²) in [5, 5.41) is 6.58. The number of nitrogens with one attached hydrogen (secondary N) is 3. The molecule has 0 unspecified atom stereocenters. The fourth-order valence-electron chi connectivity index (χ4n) is 7.58. The number of rotatable bonds is 9. The maximum absolute atomic E-state index is 12.3. The van der Waals surface area contributed by atoms with Gasteiger partial charge in [-0.15, -0.1) is 0 Å². The van der Waals surface area contributed by atoms with Crippen molar-refractivity contribution in [1.29, 1.82) is 0 Å². The molecule has 3 atom stereocenters. The highest BCUT2D eigenvalue weighted by Gasteiger charge is 2.45. The zero-order chi connectivity index (χ0) is 33.6. The second-order valence-corrected chi connectivity index (χ2v) is 15.7. The molecule has 2 aliphatic heterocycles. The predicted octanol–water partition coefficient (Wildman–Crippen LogP) is 4.82. The van der Waals surface area contributed by atoms with Crippen LogP contribution in [-0.4, -0.2) is 104 Å². The fourth-order valence-corrected chi connectivity index (χ4v) is 8.45. The van der Waals surface area contributed by atoms with Gasteiger partial charge in [-0.2, -0.15) is 4.98 Å². The van der Waals surface area contributed by atoms with Crippen molar-refractivity contribution in [2.75, 3.05) is 79.9 Å². The largest absolute Gasteiger partial charge is 0.494 e. The first-order valence-corrected chi connectivity index (χ1v) is 18.9. The van der Waals surface area contributed by atoms with E-state index in [9.17, 15) is 8.42 Å². The molecule has 4 aromatic rings. The average molecular weight is 738 g/mol. The Morgan fingerprint density at radius 1 is 0.958 bits per heavy atom. The molecule has 1 aliphatic carbocycles. The Hall–Kier alpha value is -3.79. The van der Waals surface area contributed by atoms with E-state index >= 15 is 0 Å². The number of piperazine rings is 1. The van der Waals surface area contributed by atoms with E-state index in [1.807, 2.05) is 0 Å². The number of aromatic nitrogens is 4. The van der Waals surface area contributed by atoms with Crippen LogP contribution in [0.3, 0.4) is 0 Å². The molecular formula is C33H41BrN10O3S. The van der Waals surface area contributed by atoms with Gasteiger partial charge < -0.3 is 25.2 Å². The van der Waals surface area contributed by atoms with E-state index in [2.05, 4.69) is 87.0 Å². The van der Waals surface area contributed by atoms with Crippen molar-refractivity contribution in [2.45, 2.75) is 25.8 Å². The summed E-state index contributed by atoms with van der Waals surface area (Å²) in [5.74, 6) is 2.84. The number of benzene rings is 2. The Morgan fingerprint density at radius 2 is 1.69 bits per heavy atom. The average Bonchev–Trinajstić information content (AvgIpc) is 3.32. The number of fused-ring (bicyclic) bond motifs is 3. The lowest BCUT2D eigenvalue weighted by Gasteiger charge is -2.47. The lowest BCUT2D eigenvalue weighted by molar-refractivity contribution is 0.0633. The van der Waals surface area contributed by atoms with Crippen molar-refractivity contribution in [3.63, 3.8) is 0 Å². The molecule has 3 fully saturated rings. The number of nitrogens with zero attached hydrogens (tertiary/aromatic N) is 7. The molecule has 254 valence electrons. The molecule has 15 heteroatoms. The third-order valence-electron chi connectivity index (χ3n) is 9.77. The number of hydrogen-bond acceptors (Lipinski definition) is 12. The van der Waals surface area contributed by atoms with E-state index in [0.717, 1.165) is 43.7 Å². The van der Waals surface area contributed by atoms with Crippen molar-refractivity contribution < 1.29 is 13.2 Å². The molecule has 0 amide bonds. The van der Waals surface area contributed by atoms with Crippen LogP contribution in [0.5, 0.6) is 5.75 Å². The number of hydrogen-bond donors (Lipinski definition) is 3. The van der Waals surface area contributed by atoms with Crippen molar-refractivity contribution in [3.8, 4) is 5.75 Å². The van der Waals surface area contributed by atoms with Crippen LogP contribution in [0, 0.1) is 18.8 Å². The number of ether oxygens (including phenoxy) is 1. The molecule has 13 nitrogen and oxygen atoms in total. The summed E-state index contributed by atoms with van der Waals surface area (Å²) in [6, 6.07) is 8.41. The van der Waals surface area contributed by atoms with Gasteiger partial charge in [0.05, 0.1) is 40.4 Å². The predicted molar refractivity (Wildman–Crippen MR) is 193 cm³/mol. The Morgan fingerprint density at radius 3 is 2.40 bits per heavy atom. The summed E-state index contributed by atoms with van der Waals surface area (Å²) < 4.78 is 33.6. The molecule has 3 N–H and O–H groups in total. The molecule has 0 spiro atoms. The maximum atomic E-state index is 12.3. The van der Waals surface area contributed by atoms with E-state index in [-0.39, 0.29) is 5.69 Å². The normalized spacial score (nSPS) is 21.8. The molecule has 3 aliphatic rings. The zero-order valence-electron chi connectivity index (χ0n) is 27.6. The van der Waals surface area contributed by atoms with Gasteiger partial charge in [0.15, 0.2) is 0 Å². The van der Waals surface area contributed by atoms with Gasteiger partial charge in [-0.25, -0.2) is 13.4 Å². The van der Waals surface area contributed by atoms with Gasteiger partial charge in [-0.3, -0.25) is 19.6 Å². The first-order chi connectivity index (χ1) is 23.1. The fraction of sp³-hybridized carbons (Fsp3) is 0.455. The highest BCUT2D eigenvalue weighted by atomic mass is 79.9. The molecule has 0 radical (unpaired) electrons. The Balaban J connectivity index is 1.11. The second kappa shape index (κ2) is 13.3. The number of piperidine rings is 1. The molecule has 2 aromatic carbocycles. The van der Waals surface area contributed by atoms with Crippen molar-refractivity contribution in [1.82, 2.24) is 29.7 Å². The van der Waals surface area contributed by atoms with E-state index < -0.39 is 10.0 Å². The van der Waals surface area contributed by atoms with Gasteiger partial charge in [0.2, 0.25) is 16.0 Å². The van der Waals surface area contributed by atoms with Gasteiger partial charge in [-0.05, 0) is 78.3 Å². The van der Waals surface area contributed by atoms with Crippen LogP contribution in [0.25, 0.3) is 11.0 Å². The third-order valence-corrected chi connectivity index (χ3v) is 10.9. The van der Waals surface area contributed by atoms with E-state index in [0.29, 0.717) is 56.6 Å². The third kappa shape index (κ3) is 6.73. The van der Waals surface area contributed by atoms with E-state index in [4.69, 9.17) is 9.72 Å². The second-order valence-electron chi connectivity index (χ2n) is 13.1. The molecule has 4 heterocycles. The lowest BCUT2D eigenvalue weighted by Crippen LogP contribution is -2.57. The Labute approximate surface area is 289 Å². The lowest BCUT2D eigenvalue weighted by atomic mass is 9.89. The van der Waals surface area contributed by atoms with Crippen LogP contribution in [0.1, 0.15) is 18.4 Å². The van der Waals surface area contributed by atoms with Crippen molar-refractivity contribution in [2.24, 2.45) is 11.8 Å². The quantitative estimate of drug-likeness (QED) is 0.217. The summed E-state index contributed by atoms with van der Waals surface area (Å²) in [6.45, 7) is 8.92. The van der Waals surface area contributed by atoms with Crippen LogP contribution in [0.15, 0.2) is 47.3 Å². The highest BCUT2D eigenvalue weighted by Crippen LogP contribution is 2.44. The van der Waals surface area contributed by atoms with Gasteiger partial charge in [-0.1, -0.05) is 0 Å². The van der Waals surface area contributed by atoms with Crippen molar-refractivity contribution >= 4 is 71.5 Å². The molecule has 2 bridgehead atoms. The van der Waals surface area contributed by atoms with Crippen LogP contribution in [-0.2, 0) is 10.0 Å². The molecule has 48 heavy (non-hydrogen) atoms. The van der Waals surface area contributed by atoms with Crippen LogP contribution in [0.2, 0.25) is 0 Å². The maximum Gasteiger partial charge on any atom is 0.229 e. The molecule has 2 saturated heterocycles. The zero-order valence-corrected chi connectivity index (χ0v) is 30.0. The molecule has 1 saturated carbocycles. The minimum absolute atomic E-state index is 0.275. The van der Waals surface area contributed by atoms with Gasteiger partial charge in [0, 0.05) is 75.7 Å². The van der Waals surface area contributed by atoms with Gasteiger partial charge in [0.25, 0.3) is 0 Å². The minimum Gasteiger partial charge on any atom is -0.494 e. The standard InChI is InChI=1S/C33H41BrN10O3S/c1-20-15-26(28(47-3)16-27(20)44-18-21-5-6-22(19-44)31(21)43-13-11-42(2)12-14-43)39-33-37-17-23(34)32(40-33)38-25-8-7-24-29(36-10-9-35-24)30(25)41-48(4,45)46/h7-10,15-17,21-22,31,41H,5-6,11-14,18-19H2,1-4H3,(H2,37,38,39,40)/t21-,22+,31+. The summed E-state index contributed by atoms with van der Waals surface area (Å²) in [7, 11) is 0.287. The van der Waals surface area contributed by atoms with Crippen molar-refractivity contribution in [3.05, 3.63) is 52.9 Å². The number of methoxy groups -OCH3 is 1. The molecule has 2 aromatic heterocycles. The number of anilines is 6. The monoisotopic (exact) mass is 736 g/mol. The van der Waals surface area contributed by atoms with Crippen LogP contribution < -0.4 is 25.0 Å². The van der Waals surface area contributed by atoms with E-state index in [1.54, 1.807) is 31.6 Å². The summed E-state index contributed by atoms with van der Waals surface area (Å²) in [6.07, 6.45) is 8.39. The summed E-state index contributed by atoms with van der Waals surface area (Å²) in [4.78, 5) is 25.6. The number of halogens is 1. The van der Waals surface area contributed by atoms with E-state index in [1.165, 1.54) is 37.8 Å². The first-order valence-electron chi connectivity index (χ1n) is 16.2. The Bertz CT molecular complexity index is 1920. The Kier molecular flexibility index (Phi) is 9.04. The minimum atomic E-state index is -3.61.